The highest BCUT2D eigenvalue weighted by Gasteiger charge is 2.37. The zero-order valence-electron chi connectivity index (χ0n) is 13.2. The van der Waals surface area contributed by atoms with Gasteiger partial charge < -0.3 is 9.64 Å². The minimum atomic E-state index is -3.45. The molecule has 0 spiro atoms. The third-order valence-electron chi connectivity index (χ3n) is 3.34. The number of halogens is 1. The number of hydrogen-bond acceptors (Lipinski definition) is 6. The monoisotopic (exact) mass is 396 g/mol. The van der Waals surface area contributed by atoms with Gasteiger partial charge in [0.15, 0.2) is 0 Å². The summed E-state index contributed by atoms with van der Waals surface area (Å²) in [7, 11) is -3.45. The van der Waals surface area contributed by atoms with Crippen molar-refractivity contribution < 1.29 is 22.7 Å². The average Bonchev–Trinajstić information content (AvgIpc) is 2.92. The molecule has 1 saturated heterocycles. The van der Waals surface area contributed by atoms with Crippen molar-refractivity contribution in [1.29, 1.82) is 0 Å². The second kappa shape index (κ2) is 9.45. The van der Waals surface area contributed by atoms with E-state index >= 15 is 0 Å². The summed E-state index contributed by atoms with van der Waals surface area (Å²) >= 11 is 9.85. The molecule has 24 heavy (non-hydrogen) atoms. The normalized spacial score (nSPS) is 22.5. The summed E-state index contributed by atoms with van der Waals surface area (Å²) in [5.41, 5.74) is -0.953. The Kier molecular flexibility index (Phi) is 8.28. The highest BCUT2D eigenvalue weighted by Crippen LogP contribution is 2.26. The third kappa shape index (κ3) is 6.84. The van der Waals surface area contributed by atoms with E-state index in [2.05, 4.69) is 23.9 Å². The van der Waals surface area contributed by atoms with Gasteiger partial charge in [0.25, 0.3) is 0 Å². The number of nitrogens with one attached hydrogen (secondary N) is 1. The summed E-state index contributed by atoms with van der Waals surface area (Å²) in [6.07, 6.45) is 5.29. The van der Waals surface area contributed by atoms with Gasteiger partial charge in [-0.15, -0.1) is 11.6 Å². The molecule has 0 radical (unpaired) electrons. The molecule has 0 aliphatic carbocycles. The lowest BCUT2D eigenvalue weighted by Crippen LogP contribution is -2.36. The van der Waals surface area contributed by atoms with Gasteiger partial charge in [0.05, 0.1) is 12.3 Å². The molecule has 1 fully saturated rings. The Morgan fingerprint density at radius 2 is 2.21 bits per heavy atom. The molecule has 7 nitrogen and oxygen atoms in total. The van der Waals surface area contributed by atoms with Crippen molar-refractivity contribution in [2.75, 3.05) is 25.2 Å². The molecular formula is C14H21ClN2O5S2. The number of amides is 1. The van der Waals surface area contributed by atoms with Crippen LogP contribution in [0.25, 0.3) is 0 Å². The third-order valence-corrected chi connectivity index (χ3v) is 4.72. The fourth-order valence-electron chi connectivity index (χ4n) is 2.30. The SMILES string of the molecule is C=CCOC(=O)N1C[C@@H](C(=O)CS)C[C@H]1C=CC(Cl)NS(C)(=O)=O. The second-order valence-electron chi connectivity index (χ2n) is 5.32. The Bertz CT molecular complexity index is 608. The lowest BCUT2D eigenvalue weighted by atomic mass is 10.0. The van der Waals surface area contributed by atoms with E-state index in [0.29, 0.717) is 6.42 Å². The first-order chi connectivity index (χ1) is 11.2. The van der Waals surface area contributed by atoms with Gasteiger partial charge in [-0.2, -0.15) is 17.4 Å². The van der Waals surface area contributed by atoms with E-state index in [4.69, 9.17) is 16.3 Å². The fourth-order valence-corrected chi connectivity index (χ4v) is 3.62. The zero-order valence-corrected chi connectivity index (χ0v) is 15.7. The summed E-state index contributed by atoms with van der Waals surface area (Å²) in [6.45, 7) is 3.75. The second-order valence-corrected chi connectivity index (χ2v) is 7.89. The molecule has 136 valence electrons. The van der Waals surface area contributed by atoms with E-state index in [1.54, 1.807) is 6.08 Å². The van der Waals surface area contributed by atoms with Crippen molar-refractivity contribution in [2.45, 2.75) is 18.0 Å². The lowest BCUT2D eigenvalue weighted by Gasteiger charge is -2.21. The number of alkyl halides is 1. The van der Waals surface area contributed by atoms with Crippen molar-refractivity contribution >= 4 is 46.1 Å². The number of carbonyl (C=O) groups excluding carboxylic acids is 2. The van der Waals surface area contributed by atoms with Crippen LogP contribution in [0.2, 0.25) is 0 Å². The number of carbonyl (C=O) groups is 2. The predicted molar refractivity (Wildman–Crippen MR) is 95.8 cm³/mol. The Labute approximate surface area is 152 Å². The first kappa shape index (κ1) is 21.0. The fraction of sp³-hybridized carbons (Fsp3) is 0.571. The highest BCUT2D eigenvalue weighted by atomic mass is 35.5. The smallest absolute Gasteiger partial charge is 0.410 e. The molecule has 10 heteroatoms. The van der Waals surface area contributed by atoms with E-state index in [0.717, 1.165) is 6.26 Å². The first-order valence-corrected chi connectivity index (χ1v) is 10.1. The topological polar surface area (TPSA) is 92.8 Å². The number of hydrogen-bond donors (Lipinski definition) is 2. The molecular weight excluding hydrogens is 376 g/mol. The molecule has 1 aliphatic heterocycles. The number of Topliss-reactive ketones (excluding diaryl/α,β-unsaturated/α-hetero) is 1. The van der Waals surface area contributed by atoms with Crippen LogP contribution in [0.1, 0.15) is 6.42 Å². The highest BCUT2D eigenvalue weighted by molar-refractivity contribution is 7.88. The van der Waals surface area contributed by atoms with Gasteiger partial charge in [0, 0.05) is 18.2 Å². The molecule has 0 saturated carbocycles. The summed E-state index contributed by atoms with van der Waals surface area (Å²) < 4.78 is 29.5. The van der Waals surface area contributed by atoms with Gasteiger partial charge in [-0.3, -0.25) is 4.79 Å². The Hall–Kier alpha value is -1.03. The largest absolute Gasteiger partial charge is 0.445 e. The summed E-state index contributed by atoms with van der Waals surface area (Å²) in [6, 6.07) is -0.418. The number of sulfonamides is 1. The van der Waals surface area contributed by atoms with Crippen molar-refractivity contribution in [3.8, 4) is 0 Å². The van der Waals surface area contributed by atoms with Gasteiger partial charge in [-0.1, -0.05) is 24.8 Å². The zero-order chi connectivity index (χ0) is 18.3. The van der Waals surface area contributed by atoms with Crippen molar-refractivity contribution in [3.05, 3.63) is 24.8 Å². The van der Waals surface area contributed by atoms with Crippen molar-refractivity contribution in [2.24, 2.45) is 5.92 Å². The molecule has 1 heterocycles. The summed E-state index contributed by atoms with van der Waals surface area (Å²) in [5, 5.41) is 0. The number of ketones is 1. The minimum Gasteiger partial charge on any atom is -0.445 e. The van der Waals surface area contributed by atoms with E-state index in [-0.39, 0.29) is 30.6 Å². The molecule has 0 bridgehead atoms. The maximum Gasteiger partial charge on any atom is 0.410 e. The van der Waals surface area contributed by atoms with E-state index in [9.17, 15) is 18.0 Å². The Balaban J connectivity index is 2.83. The molecule has 1 aliphatic rings. The van der Waals surface area contributed by atoms with Gasteiger partial charge >= 0.3 is 6.09 Å². The van der Waals surface area contributed by atoms with Gasteiger partial charge in [0.1, 0.15) is 17.9 Å². The standard InChI is InChI=1S/C14H21ClN2O5S2/c1-3-6-22-14(19)17-8-10(12(18)9-23)7-11(17)4-5-13(15)16-24(2,20)21/h3-5,10-11,13,16,23H,1,6-9H2,2H3/t10-,11+,13?/m0/s1. The molecule has 0 aromatic rings. The molecule has 0 aromatic heterocycles. The number of nitrogens with zero attached hydrogens (tertiary/aromatic N) is 1. The van der Waals surface area contributed by atoms with Crippen molar-refractivity contribution in [3.63, 3.8) is 0 Å². The van der Waals surface area contributed by atoms with Gasteiger partial charge in [-0.05, 0) is 6.42 Å². The molecule has 1 amide bonds. The van der Waals surface area contributed by atoms with Crippen LogP contribution in [0.4, 0.5) is 4.79 Å². The number of rotatable bonds is 8. The summed E-state index contributed by atoms with van der Waals surface area (Å²) in [4.78, 5) is 25.4. The van der Waals surface area contributed by atoms with Crippen molar-refractivity contribution in [1.82, 2.24) is 9.62 Å². The van der Waals surface area contributed by atoms with Crippen LogP contribution >= 0.6 is 24.2 Å². The predicted octanol–water partition coefficient (Wildman–Crippen LogP) is 1.17. The van der Waals surface area contributed by atoms with Crippen LogP contribution in [0.5, 0.6) is 0 Å². The lowest BCUT2D eigenvalue weighted by molar-refractivity contribution is -0.119. The van der Waals surface area contributed by atoms with E-state index < -0.39 is 27.7 Å². The van der Waals surface area contributed by atoms with Crippen LogP contribution in [0, 0.1) is 5.92 Å². The van der Waals surface area contributed by atoms with Crippen LogP contribution in [0.15, 0.2) is 24.8 Å². The molecule has 1 N–H and O–H groups in total. The van der Waals surface area contributed by atoms with Crippen LogP contribution in [-0.2, 0) is 19.6 Å². The van der Waals surface area contributed by atoms with E-state index in [1.165, 1.54) is 17.1 Å². The maximum atomic E-state index is 12.1. The quantitative estimate of drug-likeness (QED) is 0.278. The van der Waals surface area contributed by atoms with E-state index in [1.807, 2.05) is 0 Å². The van der Waals surface area contributed by atoms with Crippen LogP contribution in [-0.4, -0.2) is 61.9 Å². The molecule has 1 rings (SSSR count). The van der Waals surface area contributed by atoms with Gasteiger partial charge in [0.2, 0.25) is 10.0 Å². The number of ether oxygens (including phenoxy) is 1. The average molecular weight is 397 g/mol. The van der Waals surface area contributed by atoms with Crippen LogP contribution < -0.4 is 4.72 Å². The Morgan fingerprint density at radius 1 is 1.54 bits per heavy atom. The summed E-state index contributed by atoms with van der Waals surface area (Å²) in [5.74, 6) is -0.317. The first-order valence-electron chi connectivity index (χ1n) is 7.15. The molecule has 1 unspecified atom stereocenters. The maximum absolute atomic E-state index is 12.1. The molecule has 0 aromatic carbocycles. The van der Waals surface area contributed by atoms with Gasteiger partial charge in [-0.25, -0.2) is 13.2 Å². The van der Waals surface area contributed by atoms with Crippen LogP contribution in [0.3, 0.4) is 0 Å². The number of likely N-dealkylation sites (tertiary alicyclic amines) is 1. The minimum absolute atomic E-state index is 0.0602. The molecule has 3 atom stereocenters. The Morgan fingerprint density at radius 3 is 2.75 bits per heavy atom. The number of thiol groups is 1.